The first-order chi connectivity index (χ1) is 8.69. The van der Waals surface area contributed by atoms with Gasteiger partial charge in [-0.3, -0.25) is 4.79 Å². The van der Waals surface area contributed by atoms with Crippen LogP contribution in [0.1, 0.15) is 37.8 Å². The monoisotopic (exact) mass is 267 g/mol. The predicted octanol–water partition coefficient (Wildman–Crippen LogP) is 3.09. The second-order valence-corrected chi connectivity index (χ2v) is 4.99. The molecule has 1 aliphatic rings. The Balaban J connectivity index is 2.05. The van der Waals surface area contributed by atoms with E-state index in [1.807, 2.05) is 31.2 Å². The van der Waals surface area contributed by atoms with Crippen molar-refractivity contribution in [3.05, 3.63) is 34.9 Å². The summed E-state index contributed by atoms with van der Waals surface area (Å²) in [4.78, 5) is 11.6. The maximum Gasteiger partial charge on any atom is 0.307 e. The first-order valence-corrected chi connectivity index (χ1v) is 6.74. The lowest BCUT2D eigenvalue weighted by Crippen LogP contribution is -2.26. The molecule has 1 aromatic rings. The van der Waals surface area contributed by atoms with E-state index in [2.05, 4.69) is 5.32 Å². The van der Waals surface area contributed by atoms with Crippen molar-refractivity contribution >= 4 is 17.6 Å². The summed E-state index contributed by atoms with van der Waals surface area (Å²) in [6, 6.07) is 8.17. The summed E-state index contributed by atoms with van der Waals surface area (Å²) >= 11 is 5.99. The Kier molecular flexibility index (Phi) is 4.61. The molecule has 3 nitrogen and oxygen atoms in total. The summed E-state index contributed by atoms with van der Waals surface area (Å²) < 4.78 is 5.01. The molecule has 0 amide bonds. The lowest BCUT2D eigenvalue weighted by atomic mass is 10.0. The van der Waals surface area contributed by atoms with Crippen LogP contribution in [0.4, 0.5) is 0 Å². The third-order valence-corrected chi connectivity index (χ3v) is 3.18. The maximum atomic E-state index is 11.6. The van der Waals surface area contributed by atoms with Crippen LogP contribution in [-0.4, -0.2) is 18.6 Å². The highest BCUT2D eigenvalue weighted by Gasteiger charge is 2.27. The average molecular weight is 268 g/mol. The van der Waals surface area contributed by atoms with E-state index in [-0.39, 0.29) is 12.0 Å². The van der Waals surface area contributed by atoms with Gasteiger partial charge in [0.05, 0.1) is 13.0 Å². The Labute approximate surface area is 112 Å². The highest BCUT2D eigenvalue weighted by atomic mass is 35.5. The highest BCUT2D eigenvalue weighted by Crippen LogP contribution is 2.27. The normalized spacial score (nSPS) is 16.3. The zero-order chi connectivity index (χ0) is 13.0. The molecule has 18 heavy (non-hydrogen) atoms. The molecule has 0 aliphatic heterocycles. The molecule has 98 valence electrons. The standard InChI is InChI=1S/C14H18ClNO2/c1-2-18-14(17)9-13(16-12-6-7-12)10-4-3-5-11(15)8-10/h3-5,8,12-13,16H,2,6-7,9H2,1H3/t13-/m0/s1. The SMILES string of the molecule is CCOC(=O)C[C@H](NC1CC1)c1cccc(Cl)c1. The molecular weight excluding hydrogens is 250 g/mol. The Hall–Kier alpha value is -1.06. The lowest BCUT2D eigenvalue weighted by Gasteiger charge is -2.18. The number of carbonyl (C=O) groups excluding carboxylic acids is 1. The third-order valence-electron chi connectivity index (χ3n) is 2.94. The van der Waals surface area contributed by atoms with E-state index in [9.17, 15) is 4.79 Å². The van der Waals surface area contributed by atoms with Gasteiger partial charge in [0.25, 0.3) is 0 Å². The van der Waals surface area contributed by atoms with Crippen LogP contribution < -0.4 is 5.32 Å². The van der Waals surface area contributed by atoms with E-state index < -0.39 is 0 Å². The third kappa shape index (κ3) is 4.00. The molecule has 0 radical (unpaired) electrons. The fourth-order valence-corrected chi connectivity index (χ4v) is 2.12. The van der Waals surface area contributed by atoms with Gasteiger partial charge in [-0.15, -0.1) is 0 Å². The summed E-state index contributed by atoms with van der Waals surface area (Å²) in [5, 5.41) is 4.16. The van der Waals surface area contributed by atoms with E-state index >= 15 is 0 Å². The number of esters is 1. The van der Waals surface area contributed by atoms with Crippen LogP contribution in [0.3, 0.4) is 0 Å². The summed E-state index contributed by atoms with van der Waals surface area (Å²) in [5.74, 6) is -0.171. The van der Waals surface area contributed by atoms with E-state index in [1.165, 1.54) is 12.8 Å². The molecule has 0 aromatic heterocycles. The molecule has 1 aromatic carbocycles. The van der Waals surface area contributed by atoms with Gasteiger partial charge in [0.2, 0.25) is 0 Å². The Morgan fingerprint density at radius 1 is 1.56 bits per heavy atom. The van der Waals surface area contributed by atoms with Crippen LogP contribution in [0.2, 0.25) is 5.02 Å². The van der Waals surface area contributed by atoms with E-state index in [0.717, 1.165) is 5.56 Å². The van der Waals surface area contributed by atoms with Crippen molar-refractivity contribution in [1.29, 1.82) is 0 Å². The molecule has 0 bridgehead atoms. The summed E-state index contributed by atoms with van der Waals surface area (Å²) in [6.07, 6.45) is 2.71. The van der Waals surface area contributed by atoms with Crippen LogP contribution in [0.15, 0.2) is 24.3 Å². The highest BCUT2D eigenvalue weighted by molar-refractivity contribution is 6.30. The van der Waals surface area contributed by atoms with Crippen LogP contribution >= 0.6 is 11.6 Å². The smallest absolute Gasteiger partial charge is 0.307 e. The summed E-state index contributed by atoms with van der Waals surface area (Å²) in [7, 11) is 0. The van der Waals surface area contributed by atoms with E-state index in [4.69, 9.17) is 16.3 Å². The van der Waals surface area contributed by atoms with Gasteiger partial charge in [0.1, 0.15) is 0 Å². The molecule has 0 unspecified atom stereocenters. The number of rotatable bonds is 6. The van der Waals surface area contributed by atoms with Crippen molar-refractivity contribution in [2.75, 3.05) is 6.61 Å². The quantitative estimate of drug-likeness (QED) is 0.805. The largest absolute Gasteiger partial charge is 0.466 e. The molecule has 1 N–H and O–H groups in total. The first kappa shape index (κ1) is 13.4. The molecule has 1 atom stereocenters. The second-order valence-electron chi connectivity index (χ2n) is 4.56. The van der Waals surface area contributed by atoms with Crippen LogP contribution in [0.5, 0.6) is 0 Å². The second kappa shape index (κ2) is 6.21. The van der Waals surface area contributed by atoms with Gasteiger partial charge in [-0.2, -0.15) is 0 Å². The number of hydrogen-bond acceptors (Lipinski definition) is 3. The molecule has 0 heterocycles. The average Bonchev–Trinajstić information content (AvgIpc) is 3.12. The fraction of sp³-hybridized carbons (Fsp3) is 0.500. The molecule has 1 saturated carbocycles. The van der Waals surface area contributed by atoms with Gasteiger partial charge in [-0.25, -0.2) is 0 Å². The van der Waals surface area contributed by atoms with Crippen molar-refractivity contribution in [3.8, 4) is 0 Å². The minimum atomic E-state index is -0.171. The van der Waals surface area contributed by atoms with E-state index in [1.54, 1.807) is 0 Å². The van der Waals surface area contributed by atoms with Crippen molar-refractivity contribution in [1.82, 2.24) is 5.32 Å². The van der Waals surface area contributed by atoms with Gasteiger partial charge in [-0.1, -0.05) is 23.7 Å². The minimum absolute atomic E-state index is 0.00440. The summed E-state index contributed by atoms with van der Waals surface area (Å²) in [6.45, 7) is 2.24. The van der Waals surface area contributed by atoms with Gasteiger partial charge in [0, 0.05) is 17.1 Å². The molecule has 0 spiro atoms. The number of hydrogen-bond donors (Lipinski definition) is 1. The number of ether oxygens (including phenoxy) is 1. The zero-order valence-electron chi connectivity index (χ0n) is 10.5. The van der Waals surface area contributed by atoms with Crippen molar-refractivity contribution < 1.29 is 9.53 Å². The Morgan fingerprint density at radius 2 is 2.33 bits per heavy atom. The van der Waals surface area contributed by atoms with Gasteiger partial charge in [0.15, 0.2) is 0 Å². The molecular formula is C14H18ClNO2. The van der Waals surface area contributed by atoms with Crippen LogP contribution in [0, 0.1) is 0 Å². The number of benzene rings is 1. The van der Waals surface area contributed by atoms with Crippen LogP contribution in [0.25, 0.3) is 0 Å². The van der Waals surface area contributed by atoms with Crippen LogP contribution in [-0.2, 0) is 9.53 Å². The Morgan fingerprint density at radius 3 is 2.94 bits per heavy atom. The first-order valence-electron chi connectivity index (χ1n) is 6.36. The van der Waals surface area contributed by atoms with Gasteiger partial charge in [-0.05, 0) is 37.5 Å². The topological polar surface area (TPSA) is 38.3 Å². The van der Waals surface area contributed by atoms with Crippen molar-refractivity contribution in [2.24, 2.45) is 0 Å². The minimum Gasteiger partial charge on any atom is -0.466 e. The molecule has 2 rings (SSSR count). The van der Waals surface area contributed by atoms with Gasteiger partial charge < -0.3 is 10.1 Å². The summed E-state index contributed by atoms with van der Waals surface area (Å²) in [5.41, 5.74) is 1.04. The zero-order valence-corrected chi connectivity index (χ0v) is 11.2. The Bertz CT molecular complexity index is 418. The molecule has 0 saturated heterocycles. The molecule has 1 aliphatic carbocycles. The van der Waals surface area contributed by atoms with Crippen molar-refractivity contribution in [3.63, 3.8) is 0 Å². The predicted molar refractivity (Wildman–Crippen MR) is 71.6 cm³/mol. The van der Waals surface area contributed by atoms with Crippen molar-refractivity contribution in [2.45, 2.75) is 38.3 Å². The fourth-order valence-electron chi connectivity index (χ4n) is 1.92. The maximum absolute atomic E-state index is 11.6. The number of nitrogens with one attached hydrogen (secondary N) is 1. The lowest BCUT2D eigenvalue weighted by molar-refractivity contribution is -0.143. The number of halogens is 1. The molecule has 1 fully saturated rings. The van der Waals surface area contributed by atoms with Gasteiger partial charge >= 0.3 is 5.97 Å². The van der Waals surface area contributed by atoms with E-state index in [0.29, 0.717) is 24.1 Å². The number of carbonyl (C=O) groups is 1. The molecule has 4 heteroatoms.